The van der Waals surface area contributed by atoms with Gasteiger partial charge >= 0.3 is 0 Å². The number of nitrogens with zero attached hydrogens (tertiary/aromatic N) is 2. The van der Waals surface area contributed by atoms with Crippen molar-refractivity contribution in [3.63, 3.8) is 0 Å². The molecule has 1 amide bonds. The van der Waals surface area contributed by atoms with E-state index in [0.29, 0.717) is 23.1 Å². The third-order valence-corrected chi connectivity index (χ3v) is 3.91. The van der Waals surface area contributed by atoms with Gasteiger partial charge in [0.2, 0.25) is 0 Å². The topological polar surface area (TPSA) is 46.3 Å². The molecule has 0 unspecified atom stereocenters. The Balaban J connectivity index is 1.81. The summed E-state index contributed by atoms with van der Waals surface area (Å²) in [7, 11) is 0. The van der Waals surface area contributed by atoms with E-state index < -0.39 is 0 Å². The SMILES string of the molecule is O=C(c1ccco1)N1CCc2cc3cc(Cl)ccc3nc21. The van der Waals surface area contributed by atoms with E-state index in [4.69, 9.17) is 16.0 Å². The summed E-state index contributed by atoms with van der Waals surface area (Å²) in [4.78, 5) is 18.7. The zero-order valence-corrected chi connectivity index (χ0v) is 11.8. The van der Waals surface area contributed by atoms with Crippen LogP contribution in [0.25, 0.3) is 10.9 Å². The van der Waals surface area contributed by atoms with Crippen molar-refractivity contribution in [1.29, 1.82) is 0 Å². The van der Waals surface area contributed by atoms with Crippen molar-refractivity contribution in [1.82, 2.24) is 4.98 Å². The minimum atomic E-state index is -0.153. The number of rotatable bonds is 1. The highest BCUT2D eigenvalue weighted by Gasteiger charge is 2.28. The molecule has 4 nitrogen and oxygen atoms in total. The Kier molecular flexibility index (Phi) is 2.72. The number of furan rings is 1. The highest BCUT2D eigenvalue weighted by Crippen LogP contribution is 2.31. The van der Waals surface area contributed by atoms with E-state index in [-0.39, 0.29) is 5.91 Å². The molecule has 21 heavy (non-hydrogen) atoms. The van der Waals surface area contributed by atoms with Crippen LogP contribution in [0.1, 0.15) is 16.1 Å². The van der Waals surface area contributed by atoms with Crippen LogP contribution in [0.5, 0.6) is 0 Å². The van der Waals surface area contributed by atoms with Crippen molar-refractivity contribution in [3.05, 3.63) is 59.0 Å². The number of aromatic nitrogens is 1. The van der Waals surface area contributed by atoms with Crippen molar-refractivity contribution < 1.29 is 9.21 Å². The molecule has 2 aromatic heterocycles. The van der Waals surface area contributed by atoms with Gasteiger partial charge in [0.05, 0.1) is 11.8 Å². The van der Waals surface area contributed by atoms with E-state index >= 15 is 0 Å². The van der Waals surface area contributed by atoms with E-state index in [2.05, 4.69) is 11.1 Å². The summed E-state index contributed by atoms with van der Waals surface area (Å²) in [6.45, 7) is 0.617. The Morgan fingerprint density at radius 3 is 3.00 bits per heavy atom. The number of anilines is 1. The lowest BCUT2D eigenvalue weighted by molar-refractivity contribution is 0.0962. The van der Waals surface area contributed by atoms with Crippen molar-refractivity contribution in [2.24, 2.45) is 0 Å². The van der Waals surface area contributed by atoms with Crippen LogP contribution < -0.4 is 4.90 Å². The number of hydrogen-bond acceptors (Lipinski definition) is 3. The Bertz CT molecular complexity index is 843. The first-order valence-corrected chi connectivity index (χ1v) is 7.05. The van der Waals surface area contributed by atoms with Crippen molar-refractivity contribution in [2.75, 3.05) is 11.4 Å². The molecule has 0 saturated carbocycles. The number of amides is 1. The molecule has 0 spiro atoms. The zero-order chi connectivity index (χ0) is 14.4. The summed E-state index contributed by atoms with van der Waals surface area (Å²) >= 11 is 6.01. The van der Waals surface area contributed by atoms with Gasteiger partial charge in [0.25, 0.3) is 5.91 Å². The molecule has 3 aromatic rings. The molecular weight excluding hydrogens is 288 g/mol. The summed E-state index contributed by atoms with van der Waals surface area (Å²) in [5, 5.41) is 1.68. The van der Waals surface area contributed by atoms with Gasteiger partial charge in [0, 0.05) is 17.0 Å². The minimum absolute atomic E-state index is 0.153. The smallest absolute Gasteiger partial charge is 0.295 e. The van der Waals surface area contributed by atoms with Gasteiger partial charge in [-0.3, -0.25) is 9.69 Å². The van der Waals surface area contributed by atoms with Gasteiger partial charge in [0.1, 0.15) is 5.82 Å². The van der Waals surface area contributed by atoms with Gasteiger partial charge in [-0.15, -0.1) is 0 Å². The molecule has 4 rings (SSSR count). The van der Waals surface area contributed by atoms with Crippen LogP contribution in [-0.2, 0) is 6.42 Å². The average Bonchev–Trinajstić information content (AvgIpc) is 3.13. The zero-order valence-electron chi connectivity index (χ0n) is 11.0. The summed E-state index contributed by atoms with van der Waals surface area (Å²) in [5.74, 6) is 0.895. The third-order valence-electron chi connectivity index (χ3n) is 3.67. The molecule has 0 aliphatic carbocycles. The monoisotopic (exact) mass is 298 g/mol. The molecule has 3 heterocycles. The van der Waals surface area contributed by atoms with Crippen molar-refractivity contribution >= 4 is 34.2 Å². The Labute approximate surface area is 125 Å². The summed E-state index contributed by atoms with van der Waals surface area (Å²) in [6.07, 6.45) is 2.29. The van der Waals surface area contributed by atoms with Crippen LogP contribution >= 0.6 is 11.6 Å². The number of fused-ring (bicyclic) bond motifs is 2. The van der Waals surface area contributed by atoms with Crippen LogP contribution in [0.4, 0.5) is 5.82 Å². The number of carbonyl (C=O) groups excluding carboxylic acids is 1. The largest absolute Gasteiger partial charge is 0.459 e. The number of carbonyl (C=O) groups is 1. The van der Waals surface area contributed by atoms with Crippen LogP contribution in [0.3, 0.4) is 0 Å². The molecule has 1 aliphatic rings. The lowest BCUT2D eigenvalue weighted by atomic mass is 10.1. The normalized spacial score (nSPS) is 13.7. The van der Waals surface area contributed by atoms with Gasteiger partial charge in [-0.1, -0.05) is 11.6 Å². The fourth-order valence-corrected chi connectivity index (χ4v) is 2.85. The van der Waals surface area contributed by atoms with E-state index in [1.54, 1.807) is 23.1 Å². The third kappa shape index (κ3) is 1.99. The molecule has 104 valence electrons. The van der Waals surface area contributed by atoms with E-state index in [1.807, 2.05) is 12.1 Å². The highest BCUT2D eigenvalue weighted by atomic mass is 35.5. The number of pyridine rings is 1. The summed E-state index contributed by atoms with van der Waals surface area (Å²) < 4.78 is 5.19. The van der Waals surface area contributed by atoms with E-state index in [1.165, 1.54) is 6.26 Å². The van der Waals surface area contributed by atoms with Gasteiger partial charge in [-0.2, -0.15) is 0 Å². The molecule has 0 atom stereocenters. The lowest BCUT2D eigenvalue weighted by Crippen LogP contribution is -2.29. The predicted octanol–water partition coefficient (Wildman–Crippen LogP) is 3.68. The standard InChI is InChI=1S/C16H11ClN2O2/c17-12-3-4-13-11(9-12)8-10-5-6-19(15(10)18-13)16(20)14-2-1-7-21-14/h1-4,7-9H,5-6H2. The van der Waals surface area contributed by atoms with Crippen molar-refractivity contribution in [3.8, 4) is 0 Å². The second-order valence-electron chi connectivity index (χ2n) is 4.99. The Morgan fingerprint density at radius 1 is 1.29 bits per heavy atom. The fourth-order valence-electron chi connectivity index (χ4n) is 2.67. The van der Waals surface area contributed by atoms with E-state index in [9.17, 15) is 4.79 Å². The highest BCUT2D eigenvalue weighted by molar-refractivity contribution is 6.31. The molecule has 0 saturated heterocycles. The second-order valence-corrected chi connectivity index (χ2v) is 5.43. The quantitative estimate of drug-likeness (QED) is 0.688. The van der Waals surface area contributed by atoms with Gasteiger partial charge in [-0.05, 0) is 48.4 Å². The molecule has 1 aliphatic heterocycles. The van der Waals surface area contributed by atoms with Crippen LogP contribution in [0.2, 0.25) is 5.02 Å². The van der Waals surface area contributed by atoms with Crippen LogP contribution in [0, 0.1) is 0 Å². The Hall–Kier alpha value is -2.33. The number of halogens is 1. The Morgan fingerprint density at radius 2 is 2.19 bits per heavy atom. The molecule has 0 radical (unpaired) electrons. The van der Waals surface area contributed by atoms with Crippen LogP contribution in [0.15, 0.2) is 47.1 Å². The van der Waals surface area contributed by atoms with E-state index in [0.717, 1.165) is 22.9 Å². The first kappa shape index (κ1) is 12.4. The lowest BCUT2D eigenvalue weighted by Gasteiger charge is -2.15. The fraction of sp³-hybridized carbons (Fsp3) is 0.125. The average molecular weight is 299 g/mol. The maximum absolute atomic E-state index is 12.4. The predicted molar refractivity (Wildman–Crippen MR) is 80.8 cm³/mol. The summed E-state index contributed by atoms with van der Waals surface area (Å²) in [6, 6.07) is 11.0. The molecule has 0 bridgehead atoms. The molecule has 0 fully saturated rings. The van der Waals surface area contributed by atoms with Gasteiger partial charge in [0.15, 0.2) is 5.76 Å². The summed E-state index contributed by atoms with van der Waals surface area (Å²) in [5.41, 5.74) is 1.89. The molecular formula is C16H11ClN2O2. The first-order chi connectivity index (χ1) is 10.2. The number of benzene rings is 1. The first-order valence-electron chi connectivity index (χ1n) is 6.67. The number of hydrogen-bond donors (Lipinski definition) is 0. The maximum Gasteiger partial charge on any atom is 0.295 e. The minimum Gasteiger partial charge on any atom is -0.459 e. The van der Waals surface area contributed by atoms with Crippen LogP contribution in [-0.4, -0.2) is 17.4 Å². The van der Waals surface area contributed by atoms with Crippen molar-refractivity contribution in [2.45, 2.75) is 6.42 Å². The molecule has 0 N–H and O–H groups in total. The molecule has 1 aromatic carbocycles. The van der Waals surface area contributed by atoms with Gasteiger partial charge < -0.3 is 4.42 Å². The molecule has 5 heteroatoms. The maximum atomic E-state index is 12.4. The van der Waals surface area contributed by atoms with Gasteiger partial charge in [-0.25, -0.2) is 4.98 Å². The second kappa shape index (κ2) is 4.60.